The molecule has 0 spiro atoms. The quantitative estimate of drug-likeness (QED) is 0.760. The van der Waals surface area contributed by atoms with E-state index in [1.807, 2.05) is 30.3 Å². The summed E-state index contributed by atoms with van der Waals surface area (Å²) in [6.07, 6.45) is 0.584. The fourth-order valence-electron chi connectivity index (χ4n) is 3.05. The summed E-state index contributed by atoms with van der Waals surface area (Å²) in [6, 6.07) is 18.6. The Kier molecular flexibility index (Phi) is 5.52. The predicted molar refractivity (Wildman–Crippen MR) is 102 cm³/mol. The molecule has 0 amide bonds. The van der Waals surface area contributed by atoms with Gasteiger partial charge in [-0.1, -0.05) is 82.0 Å². The second-order valence-electron chi connectivity index (χ2n) is 7.73. The summed E-state index contributed by atoms with van der Waals surface area (Å²) in [5.74, 6) is 6.70. The van der Waals surface area contributed by atoms with E-state index in [1.54, 1.807) is 6.92 Å². The molecule has 0 fully saturated rings. The zero-order valence-corrected chi connectivity index (χ0v) is 15.4. The van der Waals surface area contributed by atoms with Crippen molar-refractivity contribution in [1.29, 1.82) is 0 Å². The van der Waals surface area contributed by atoms with E-state index in [2.05, 4.69) is 63.8 Å². The van der Waals surface area contributed by atoms with Crippen molar-refractivity contribution < 1.29 is 5.11 Å². The topological polar surface area (TPSA) is 20.2 Å². The van der Waals surface area contributed by atoms with E-state index in [9.17, 15) is 5.11 Å². The van der Waals surface area contributed by atoms with Gasteiger partial charge in [0.25, 0.3) is 0 Å². The number of benzene rings is 2. The molecule has 1 N–H and O–H groups in total. The first kappa shape index (κ1) is 18.3. The van der Waals surface area contributed by atoms with Gasteiger partial charge in [-0.25, -0.2) is 0 Å². The Labute approximate surface area is 146 Å². The zero-order chi connectivity index (χ0) is 17.8. The van der Waals surface area contributed by atoms with Gasteiger partial charge in [0.15, 0.2) is 0 Å². The van der Waals surface area contributed by atoms with Crippen molar-refractivity contribution in [3.05, 3.63) is 71.3 Å². The molecule has 0 heterocycles. The molecular formula is C23H28O. The van der Waals surface area contributed by atoms with Gasteiger partial charge in [0, 0.05) is 5.56 Å². The minimum atomic E-state index is -1.03. The highest BCUT2D eigenvalue weighted by molar-refractivity contribution is 5.39. The van der Waals surface area contributed by atoms with Gasteiger partial charge in [-0.05, 0) is 47.9 Å². The Bertz CT molecular complexity index is 710. The highest BCUT2D eigenvalue weighted by Gasteiger charge is 2.30. The first-order valence-corrected chi connectivity index (χ1v) is 8.61. The van der Waals surface area contributed by atoms with Gasteiger partial charge in [0.2, 0.25) is 0 Å². The maximum atomic E-state index is 10.7. The van der Waals surface area contributed by atoms with Crippen LogP contribution in [0.2, 0.25) is 0 Å². The molecular weight excluding hydrogens is 292 g/mol. The normalized spacial score (nSPS) is 14.0. The largest absolute Gasteiger partial charge is 0.378 e. The van der Waals surface area contributed by atoms with Crippen molar-refractivity contribution in [3.63, 3.8) is 0 Å². The molecule has 0 radical (unpaired) electrons. The molecule has 0 aliphatic carbocycles. The summed E-state index contributed by atoms with van der Waals surface area (Å²) in [5, 5.41) is 10.7. The zero-order valence-electron chi connectivity index (χ0n) is 15.4. The highest BCUT2D eigenvalue weighted by atomic mass is 16.3. The minimum absolute atomic E-state index is 0.138. The van der Waals surface area contributed by atoms with Gasteiger partial charge in [-0.3, -0.25) is 0 Å². The maximum Gasteiger partial charge on any atom is 0.123 e. The molecule has 1 heteroatoms. The van der Waals surface area contributed by atoms with Crippen LogP contribution in [0.3, 0.4) is 0 Å². The van der Waals surface area contributed by atoms with E-state index in [4.69, 9.17) is 0 Å². The van der Waals surface area contributed by atoms with E-state index < -0.39 is 5.60 Å². The molecule has 2 rings (SSSR count). The second kappa shape index (κ2) is 7.24. The van der Waals surface area contributed by atoms with Crippen LogP contribution in [-0.2, 0) is 5.41 Å². The summed E-state index contributed by atoms with van der Waals surface area (Å²) >= 11 is 0. The fraction of sp³-hybridized carbons (Fsp3) is 0.391. The molecule has 0 saturated heterocycles. The molecule has 24 heavy (non-hydrogen) atoms. The molecule has 126 valence electrons. The van der Waals surface area contributed by atoms with Crippen molar-refractivity contribution in [3.8, 4) is 11.8 Å². The monoisotopic (exact) mass is 320 g/mol. The third-order valence-corrected chi connectivity index (χ3v) is 4.39. The van der Waals surface area contributed by atoms with Crippen molar-refractivity contribution in [1.82, 2.24) is 0 Å². The average molecular weight is 320 g/mol. The average Bonchev–Trinajstić information content (AvgIpc) is 2.53. The van der Waals surface area contributed by atoms with Crippen LogP contribution in [0, 0.1) is 11.8 Å². The van der Waals surface area contributed by atoms with Gasteiger partial charge < -0.3 is 5.11 Å². The Balaban J connectivity index is 2.14. The lowest BCUT2D eigenvalue weighted by Crippen LogP contribution is -2.32. The first-order chi connectivity index (χ1) is 11.2. The molecule has 0 aromatic heterocycles. The van der Waals surface area contributed by atoms with Gasteiger partial charge in [0.1, 0.15) is 5.60 Å². The third-order valence-electron chi connectivity index (χ3n) is 4.39. The molecule has 0 aliphatic rings. The second-order valence-corrected chi connectivity index (χ2v) is 7.73. The lowest BCUT2D eigenvalue weighted by Gasteiger charge is -2.31. The molecule has 1 unspecified atom stereocenters. The molecule has 0 bridgehead atoms. The fourth-order valence-corrected chi connectivity index (χ4v) is 3.05. The summed E-state index contributed by atoms with van der Waals surface area (Å²) in [5.41, 5.74) is 2.29. The predicted octanol–water partition coefficient (Wildman–Crippen LogP) is 5.28. The van der Waals surface area contributed by atoms with Crippen LogP contribution >= 0.6 is 0 Å². The first-order valence-electron chi connectivity index (χ1n) is 8.61. The lowest BCUT2D eigenvalue weighted by molar-refractivity contribution is 0.0887. The molecule has 0 saturated carbocycles. The Morgan fingerprint density at radius 1 is 0.917 bits per heavy atom. The lowest BCUT2D eigenvalue weighted by atomic mass is 9.76. The van der Waals surface area contributed by atoms with Crippen LogP contribution in [-0.4, -0.2) is 10.7 Å². The molecule has 1 atom stereocenters. The Morgan fingerprint density at radius 3 is 2.04 bits per heavy atom. The van der Waals surface area contributed by atoms with Gasteiger partial charge in [0.05, 0.1) is 0 Å². The minimum Gasteiger partial charge on any atom is -0.378 e. The van der Waals surface area contributed by atoms with Crippen LogP contribution in [0.1, 0.15) is 63.6 Å². The van der Waals surface area contributed by atoms with Crippen LogP contribution in [0.25, 0.3) is 0 Å². The van der Waals surface area contributed by atoms with Crippen molar-refractivity contribution in [2.24, 2.45) is 0 Å². The van der Waals surface area contributed by atoms with Crippen molar-refractivity contribution in [2.75, 3.05) is 0 Å². The Hall–Kier alpha value is -2.04. The molecule has 0 aliphatic heterocycles. The summed E-state index contributed by atoms with van der Waals surface area (Å²) in [6.45, 7) is 10.5. The van der Waals surface area contributed by atoms with Crippen molar-refractivity contribution in [2.45, 2.75) is 58.0 Å². The molecule has 1 nitrogen and oxygen atoms in total. The van der Waals surface area contributed by atoms with Crippen LogP contribution in [0.5, 0.6) is 0 Å². The van der Waals surface area contributed by atoms with E-state index in [0.717, 1.165) is 5.56 Å². The smallest absolute Gasteiger partial charge is 0.123 e. The summed E-state index contributed by atoms with van der Waals surface area (Å²) < 4.78 is 0. The van der Waals surface area contributed by atoms with E-state index in [0.29, 0.717) is 12.3 Å². The van der Waals surface area contributed by atoms with E-state index >= 15 is 0 Å². The molecule has 2 aromatic carbocycles. The van der Waals surface area contributed by atoms with Crippen LogP contribution in [0.4, 0.5) is 0 Å². The maximum absolute atomic E-state index is 10.7. The number of hydrogen-bond acceptors (Lipinski definition) is 1. The van der Waals surface area contributed by atoms with Gasteiger partial charge in [-0.2, -0.15) is 0 Å². The van der Waals surface area contributed by atoms with Crippen LogP contribution in [0.15, 0.2) is 54.6 Å². The molecule has 2 aromatic rings. The third kappa shape index (κ3) is 4.98. The Morgan fingerprint density at radius 2 is 1.50 bits per heavy atom. The highest BCUT2D eigenvalue weighted by Crippen LogP contribution is 2.32. The van der Waals surface area contributed by atoms with Gasteiger partial charge >= 0.3 is 0 Å². The van der Waals surface area contributed by atoms with Gasteiger partial charge in [-0.15, -0.1) is 0 Å². The SMILES string of the molecule is CC(C)c1ccc(C#CC(C)(O)CC(C)(C)c2ccccc2)cc1. The number of aliphatic hydroxyl groups is 1. The van der Waals surface area contributed by atoms with Crippen molar-refractivity contribution >= 4 is 0 Å². The standard InChI is InChI=1S/C23H28O/c1-18(2)20-13-11-19(12-14-20)15-16-23(5,24)17-22(3,4)21-9-7-6-8-10-21/h6-14,18,24H,17H2,1-5H3. The summed E-state index contributed by atoms with van der Waals surface area (Å²) in [7, 11) is 0. The summed E-state index contributed by atoms with van der Waals surface area (Å²) in [4.78, 5) is 0. The van der Waals surface area contributed by atoms with Crippen LogP contribution < -0.4 is 0 Å². The number of hydrogen-bond donors (Lipinski definition) is 1. The van der Waals surface area contributed by atoms with E-state index in [-0.39, 0.29) is 5.41 Å². The van der Waals surface area contributed by atoms with E-state index in [1.165, 1.54) is 11.1 Å². The number of rotatable bonds is 4.